The molecule has 1 heterocycles. The lowest BCUT2D eigenvalue weighted by atomic mass is 9.84. The zero-order valence-corrected chi connectivity index (χ0v) is 11.9. The Morgan fingerprint density at radius 2 is 2.21 bits per heavy atom. The number of hydrogen-bond donors (Lipinski definition) is 2. The van der Waals surface area contributed by atoms with Gasteiger partial charge in [-0.1, -0.05) is 19.3 Å². The van der Waals surface area contributed by atoms with Gasteiger partial charge in [0.25, 0.3) is 5.91 Å². The smallest absolute Gasteiger partial charge is 0.255 e. The summed E-state index contributed by atoms with van der Waals surface area (Å²) in [5, 5.41) is 7.29. The first kappa shape index (κ1) is 14.1. The summed E-state index contributed by atoms with van der Waals surface area (Å²) < 4.78 is 1.67. The van der Waals surface area contributed by atoms with Crippen LogP contribution in [-0.4, -0.2) is 28.3 Å². The van der Waals surface area contributed by atoms with E-state index in [0.717, 1.165) is 5.69 Å². The first-order valence-corrected chi connectivity index (χ1v) is 7.13. The van der Waals surface area contributed by atoms with Gasteiger partial charge < -0.3 is 11.1 Å². The summed E-state index contributed by atoms with van der Waals surface area (Å²) in [6, 6.07) is 0.0902. The van der Waals surface area contributed by atoms with Crippen molar-refractivity contribution in [2.75, 3.05) is 6.54 Å². The van der Waals surface area contributed by atoms with Crippen molar-refractivity contribution >= 4 is 5.91 Å². The number of carbonyl (C=O) groups excluding carboxylic acids is 1. The highest BCUT2D eigenvalue weighted by Crippen LogP contribution is 2.26. The summed E-state index contributed by atoms with van der Waals surface area (Å²) in [5.74, 6) is 0.478. The van der Waals surface area contributed by atoms with E-state index < -0.39 is 0 Å². The number of rotatable bonds is 4. The Morgan fingerprint density at radius 3 is 2.74 bits per heavy atom. The molecule has 5 heteroatoms. The highest BCUT2D eigenvalue weighted by atomic mass is 16.1. The number of aryl methyl sites for hydroxylation is 2. The minimum atomic E-state index is -0.0494. The fourth-order valence-electron chi connectivity index (χ4n) is 2.97. The number of carbonyl (C=O) groups is 1. The molecule has 0 radical (unpaired) electrons. The lowest BCUT2D eigenvalue weighted by molar-refractivity contribution is 0.0915. The average molecular weight is 264 g/mol. The normalized spacial score (nSPS) is 18.3. The molecule has 106 valence electrons. The van der Waals surface area contributed by atoms with Crippen molar-refractivity contribution in [1.29, 1.82) is 0 Å². The van der Waals surface area contributed by atoms with Crippen LogP contribution < -0.4 is 11.1 Å². The van der Waals surface area contributed by atoms with Crippen molar-refractivity contribution < 1.29 is 4.79 Å². The van der Waals surface area contributed by atoms with E-state index in [0.29, 0.717) is 18.0 Å². The van der Waals surface area contributed by atoms with E-state index in [1.165, 1.54) is 32.1 Å². The number of aromatic nitrogens is 2. The Labute approximate surface area is 114 Å². The lowest BCUT2D eigenvalue weighted by Crippen LogP contribution is -2.46. The van der Waals surface area contributed by atoms with Gasteiger partial charge in [-0.05, 0) is 25.7 Å². The maximum Gasteiger partial charge on any atom is 0.255 e. The number of amides is 1. The molecule has 0 spiro atoms. The molecule has 3 N–H and O–H groups in total. The minimum absolute atomic E-state index is 0.0494. The summed E-state index contributed by atoms with van der Waals surface area (Å²) in [5.41, 5.74) is 7.25. The van der Waals surface area contributed by atoms with Crippen LogP contribution in [0.15, 0.2) is 6.20 Å². The zero-order valence-electron chi connectivity index (χ0n) is 11.9. The number of hydrogen-bond acceptors (Lipinski definition) is 3. The summed E-state index contributed by atoms with van der Waals surface area (Å²) in [7, 11) is 1.82. The molecule has 0 aliphatic heterocycles. The number of nitrogens with zero attached hydrogens (tertiary/aromatic N) is 2. The molecule has 19 heavy (non-hydrogen) atoms. The zero-order chi connectivity index (χ0) is 13.8. The van der Waals surface area contributed by atoms with E-state index in [1.54, 1.807) is 10.9 Å². The molecule has 0 saturated heterocycles. The molecule has 1 unspecified atom stereocenters. The van der Waals surface area contributed by atoms with Crippen LogP contribution in [0.25, 0.3) is 0 Å². The van der Waals surface area contributed by atoms with Gasteiger partial charge in [-0.15, -0.1) is 0 Å². The molecule has 1 aliphatic carbocycles. The Kier molecular flexibility index (Phi) is 4.58. The van der Waals surface area contributed by atoms with E-state index >= 15 is 0 Å². The molecule has 1 saturated carbocycles. The molecule has 0 aromatic carbocycles. The van der Waals surface area contributed by atoms with Crippen molar-refractivity contribution in [1.82, 2.24) is 15.1 Å². The molecule has 1 aliphatic rings. The predicted octanol–water partition coefficient (Wildman–Crippen LogP) is 1.37. The van der Waals surface area contributed by atoms with E-state index in [2.05, 4.69) is 10.4 Å². The van der Waals surface area contributed by atoms with Gasteiger partial charge in [0, 0.05) is 25.8 Å². The molecular formula is C14H24N4O. The molecular weight excluding hydrogens is 240 g/mol. The van der Waals surface area contributed by atoms with Gasteiger partial charge in [-0.25, -0.2) is 0 Å². The molecule has 1 aromatic rings. The van der Waals surface area contributed by atoms with Crippen molar-refractivity contribution in [2.45, 2.75) is 45.1 Å². The largest absolute Gasteiger partial charge is 0.348 e. The topological polar surface area (TPSA) is 72.9 Å². The first-order chi connectivity index (χ1) is 9.11. The predicted molar refractivity (Wildman–Crippen MR) is 74.8 cm³/mol. The van der Waals surface area contributed by atoms with E-state index in [9.17, 15) is 4.79 Å². The van der Waals surface area contributed by atoms with E-state index in [-0.39, 0.29) is 11.9 Å². The minimum Gasteiger partial charge on any atom is -0.348 e. The second-order valence-electron chi connectivity index (χ2n) is 5.52. The third-order valence-electron chi connectivity index (χ3n) is 4.05. The second kappa shape index (κ2) is 6.19. The SMILES string of the molecule is Cc1nn(C)cc1C(=O)NC(CN)C1CCCCC1. The van der Waals surface area contributed by atoms with Crippen molar-refractivity contribution in [3.8, 4) is 0 Å². The van der Waals surface area contributed by atoms with Gasteiger partial charge in [0.1, 0.15) is 0 Å². The van der Waals surface area contributed by atoms with Crippen molar-refractivity contribution in [3.05, 3.63) is 17.5 Å². The lowest BCUT2D eigenvalue weighted by Gasteiger charge is -2.30. The van der Waals surface area contributed by atoms with Crippen LogP contribution in [0.4, 0.5) is 0 Å². The number of nitrogens with two attached hydrogens (primary N) is 1. The van der Waals surface area contributed by atoms with Gasteiger partial charge in [0.05, 0.1) is 11.3 Å². The summed E-state index contributed by atoms with van der Waals surface area (Å²) in [6.45, 7) is 2.36. The van der Waals surface area contributed by atoms with Crippen LogP contribution in [0.5, 0.6) is 0 Å². The molecule has 1 amide bonds. The van der Waals surface area contributed by atoms with Gasteiger partial charge in [0.15, 0.2) is 0 Å². The van der Waals surface area contributed by atoms with Crippen LogP contribution in [0, 0.1) is 12.8 Å². The van der Waals surface area contributed by atoms with E-state index in [4.69, 9.17) is 5.73 Å². The van der Waals surface area contributed by atoms with Crippen molar-refractivity contribution in [2.24, 2.45) is 18.7 Å². The van der Waals surface area contributed by atoms with Crippen LogP contribution in [0.3, 0.4) is 0 Å². The van der Waals surface area contributed by atoms with Gasteiger partial charge in [-0.2, -0.15) is 5.10 Å². The first-order valence-electron chi connectivity index (χ1n) is 7.13. The molecule has 1 aromatic heterocycles. The Bertz CT molecular complexity index is 435. The van der Waals surface area contributed by atoms with E-state index in [1.807, 2.05) is 14.0 Å². The molecule has 5 nitrogen and oxygen atoms in total. The van der Waals surface area contributed by atoms with Crippen LogP contribution >= 0.6 is 0 Å². The highest BCUT2D eigenvalue weighted by molar-refractivity contribution is 5.95. The Morgan fingerprint density at radius 1 is 1.53 bits per heavy atom. The summed E-state index contributed by atoms with van der Waals surface area (Å²) >= 11 is 0. The summed E-state index contributed by atoms with van der Waals surface area (Å²) in [4.78, 5) is 12.3. The monoisotopic (exact) mass is 264 g/mol. The average Bonchev–Trinajstić information content (AvgIpc) is 2.76. The number of nitrogens with one attached hydrogen (secondary N) is 1. The quantitative estimate of drug-likeness (QED) is 0.862. The van der Waals surface area contributed by atoms with Crippen LogP contribution in [-0.2, 0) is 7.05 Å². The third-order valence-corrected chi connectivity index (χ3v) is 4.05. The molecule has 2 rings (SSSR count). The van der Waals surface area contributed by atoms with Gasteiger partial charge in [0.2, 0.25) is 0 Å². The maximum absolute atomic E-state index is 12.3. The maximum atomic E-state index is 12.3. The Balaban J connectivity index is 2.01. The summed E-state index contributed by atoms with van der Waals surface area (Å²) in [6.07, 6.45) is 7.93. The van der Waals surface area contributed by atoms with Gasteiger partial charge in [-0.3, -0.25) is 9.48 Å². The van der Waals surface area contributed by atoms with Crippen molar-refractivity contribution in [3.63, 3.8) is 0 Å². The van der Waals surface area contributed by atoms with Crippen LogP contribution in [0.2, 0.25) is 0 Å². The highest BCUT2D eigenvalue weighted by Gasteiger charge is 2.25. The fraction of sp³-hybridized carbons (Fsp3) is 0.714. The standard InChI is InChI=1S/C14H24N4O/c1-10-12(9-18(2)17-10)14(19)16-13(8-15)11-6-4-3-5-7-11/h9,11,13H,3-8,15H2,1-2H3,(H,16,19). The molecule has 1 fully saturated rings. The second-order valence-corrected chi connectivity index (χ2v) is 5.52. The third kappa shape index (κ3) is 3.35. The van der Waals surface area contributed by atoms with Crippen LogP contribution in [0.1, 0.15) is 48.2 Å². The van der Waals surface area contributed by atoms with Gasteiger partial charge >= 0.3 is 0 Å². The fourth-order valence-corrected chi connectivity index (χ4v) is 2.97. The molecule has 0 bridgehead atoms. The Hall–Kier alpha value is -1.36. The molecule has 1 atom stereocenters.